The van der Waals surface area contributed by atoms with Gasteiger partial charge in [-0.3, -0.25) is 14.4 Å². The van der Waals surface area contributed by atoms with Gasteiger partial charge < -0.3 is 16.4 Å². The molecule has 2 aliphatic rings. The number of hydrogen-bond donors (Lipinski definition) is 3. The predicted molar refractivity (Wildman–Crippen MR) is 151 cm³/mol. The Morgan fingerprint density at radius 2 is 1.80 bits per heavy atom. The molecule has 2 atom stereocenters. The zero-order chi connectivity index (χ0) is 28.4. The number of sulfonamides is 1. The maximum Gasteiger partial charge on any atom is 0.248 e. The Balaban J connectivity index is 1.33. The minimum absolute atomic E-state index is 0.0892. The van der Waals surface area contributed by atoms with Gasteiger partial charge in [-0.15, -0.1) is 0 Å². The molecule has 5 rings (SSSR count). The summed E-state index contributed by atoms with van der Waals surface area (Å²) in [7, 11) is -3.96. The number of nitrogens with zero attached hydrogens (tertiary/aromatic N) is 1. The Morgan fingerprint density at radius 1 is 1.05 bits per heavy atom. The van der Waals surface area contributed by atoms with Crippen molar-refractivity contribution in [1.82, 2.24) is 14.9 Å². The van der Waals surface area contributed by atoms with Crippen LogP contribution in [-0.2, 0) is 26.0 Å². The molecule has 1 heterocycles. The van der Waals surface area contributed by atoms with Gasteiger partial charge in [-0.05, 0) is 72.7 Å². The Hall–Kier alpha value is -4.02. The molecule has 1 saturated heterocycles. The van der Waals surface area contributed by atoms with E-state index in [1.807, 2.05) is 25.1 Å². The van der Waals surface area contributed by atoms with E-state index in [-0.39, 0.29) is 36.4 Å². The summed E-state index contributed by atoms with van der Waals surface area (Å²) in [4.78, 5) is 37.7. The fraction of sp³-hybridized carbons (Fsp3) is 0.300. The molecular weight excluding hydrogens is 528 g/mol. The molecule has 3 aromatic carbocycles. The number of hydrogen-bond acceptors (Lipinski definition) is 5. The molecule has 40 heavy (non-hydrogen) atoms. The molecule has 208 valence electrons. The number of piperazine rings is 1. The van der Waals surface area contributed by atoms with Crippen LogP contribution in [0.15, 0.2) is 71.6 Å². The van der Waals surface area contributed by atoms with Crippen molar-refractivity contribution in [2.45, 2.75) is 49.6 Å². The Kier molecular flexibility index (Phi) is 7.73. The van der Waals surface area contributed by atoms with E-state index in [1.165, 1.54) is 12.1 Å². The summed E-state index contributed by atoms with van der Waals surface area (Å²) in [6, 6.07) is 18.2. The summed E-state index contributed by atoms with van der Waals surface area (Å²) in [5.41, 5.74) is 10.7. The largest absolute Gasteiger partial charge is 0.366 e. The van der Waals surface area contributed by atoms with Crippen LogP contribution in [0.25, 0.3) is 11.1 Å². The molecule has 0 spiro atoms. The van der Waals surface area contributed by atoms with E-state index in [9.17, 15) is 22.8 Å². The van der Waals surface area contributed by atoms with Crippen LogP contribution in [0, 0.1) is 6.92 Å². The number of primary amides is 1. The summed E-state index contributed by atoms with van der Waals surface area (Å²) >= 11 is 0. The Morgan fingerprint density at radius 3 is 2.55 bits per heavy atom. The first kappa shape index (κ1) is 27.5. The first-order valence-corrected chi connectivity index (χ1v) is 14.8. The number of carbonyl (C=O) groups excluding carboxylic acids is 3. The molecule has 1 fully saturated rings. The monoisotopic (exact) mass is 560 g/mol. The van der Waals surface area contributed by atoms with Gasteiger partial charge in [-0.2, -0.15) is 4.31 Å². The smallest absolute Gasteiger partial charge is 0.248 e. The van der Waals surface area contributed by atoms with Gasteiger partial charge >= 0.3 is 0 Å². The molecule has 0 saturated carbocycles. The SMILES string of the molecule is Cc1ccc(S(=O)(=O)N2CCNC(=O)[C@H]2CC(=O)NC2CCCc3cc(-c4cccc(C(N)=O)c4)ccc32)cc1. The van der Waals surface area contributed by atoms with Gasteiger partial charge in [0.1, 0.15) is 6.04 Å². The second-order valence-corrected chi connectivity index (χ2v) is 12.2. The molecule has 1 aliphatic carbocycles. The van der Waals surface area contributed by atoms with Crippen molar-refractivity contribution in [3.05, 3.63) is 89.0 Å². The lowest BCUT2D eigenvalue weighted by Gasteiger charge is -2.34. The molecule has 9 nitrogen and oxygen atoms in total. The lowest BCUT2D eigenvalue weighted by atomic mass is 9.85. The zero-order valence-electron chi connectivity index (χ0n) is 22.2. The number of rotatable bonds is 7. The van der Waals surface area contributed by atoms with Crippen LogP contribution in [0.5, 0.6) is 0 Å². The van der Waals surface area contributed by atoms with Gasteiger partial charge in [-0.1, -0.05) is 48.0 Å². The van der Waals surface area contributed by atoms with Gasteiger partial charge in [0.15, 0.2) is 0 Å². The van der Waals surface area contributed by atoms with Gasteiger partial charge in [0.2, 0.25) is 27.7 Å². The standard InChI is InChI=1S/C30H32N4O5S/c1-19-8-11-24(12-9-19)40(38,39)34-15-14-32-30(37)27(34)18-28(35)33-26-7-3-5-22-16-21(10-13-25(22)26)20-4-2-6-23(17-20)29(31)36/h2,4,6,8-13,16-17,26-27H,3,5,7,14-15,18H2,1H3,(H2,31,36)(H,32,37)(H,33,35)/t26?,27-/m1/s1. The quantitative estimate of drug-likeness (QED) is 0.408. The van der Waals surface area contributed by atoms with Crippen LogP contribution in [0.2, 0.25) is 0 Å². The van der Waals surface area contributed by atoms with Crippen molar-refractivity contribution < 1.29 is 22.8 Å². The van der Waals surface area contributed by atoms with E-state index in [0.29, 0.717) is 5.56 Å². The number of nitrogens with two attached hydrogens (primary N) is 1. The van der Waals surface area contributed by atoms with Crippen LogP contribution in [-0.4, -0.2) is 49.6 Å². The normalized spacial score (nSPS) is 19.4. The van der Waals surface area contributed by atoms with Gasteiger partial charge in [-0.25, -0.2) is 8.42 Å². The van der Waals surface area contributed by atoms with Crippen LogP contribution >= 0.6 is 0 Å². The highest BCUT2D eigenvalue weighted by Gasteiger charge is 2.40. The highest BCUT2D eigenvalue weighted by molar-refractivity contribution is 7.89. The first-order valence-electron chi connectivity index (χ1n) is 13.3. The van der Waals surface area contributed by atoms with E-state index in [1.54, 1.807) is 30.3 Å². The van der Waals surface area contributed by atoms with E-state index < -0.39 is 27.9 Å². The molecule has 3 amide bonds. The number of carbonyl (C=O) groups is 3. The number of nitrogens with one attached hydrogen (secondary N) is 2. The molecule has 1 unspecified atom stereocenters. The number of benzene rings is 3. The van der Waals surface area contributed by atoms with Crippen LogP contribution in [0.1, 0.15) is 52.4 Å². The Labute approximate surface area is 233 Å². The highest BCUT2D eigenvalue weighted by atomic mass is 32.2. The van der Waals surface area contributed by atoms with Crippen molar-refractivity contribution in [3.8, 4) is 11.1 Å². The third-order valence-corrected chi connectivity index (χ3v) is 9.48. The summed E-state index contributed by atoms with van der Waals surface area (Å²) in [6.07, 6.45) is 2.16. The van der Waals surface area contributed by atoms with Crippen LogP contribution in [0.3, 0.4) is 0 Å². The zero-order valence-corrected chi connectivity index (χ0v) is 23.0. The van der Waals surface area contributed by atoms with E-state index in [0.717, 1.165) is 51.4 Å². The number of aryl methyl sites for hydroxylation is 2. The van der Waals surface area contributed by atoms with Gasteiger partial charge in [0.25, 0.3) is 0 Å². The lowest BCUT2D eigenvalue weighted by Crippen LogP contribution is -2.58. The predicted octanol–water partition coefficient (Wildman–Crippen LogP) is 2.83. The molecule has 1 aliphatic heterocycles. The minimum atomic E-state index is -3.96. The summed E-state index contributed by atoms with van der Waals surface area (Å²) < 4.78 is 27.9. The lowest BCUT2D eigenvalue weighted by molar-refractivity contribution is -0.132. The Bertz CT molecular complexity index is 1570. The first-order chi connectivity index (χ1) is 19.1. The summed E-state index contributed by atoms with van der Waals surface area (Å²) in [5.74, 6) is -1.36. The fourth-order valence-corrected chi connectivity index (χ4v) is 7.03. The number of amides is 3. The number of fused-ring (bicyclic) bond motifs is 1. The van der Waals surface area contributed by atoms with Gasteiger partial charge in [0, 0.05) is 18.7 Å². The summed E-state index contributed by atoms with van der Waals surface area (Å²) in [5, 5.41) is 5.74. The van der Waals surface area contributed by atoms with Crippen molar-refractivity contribution in [2.24, 2.45) is 5.73 Å². The van der Waals surface area contributed by atoms with E-state index in [4.69, 9.17) is 5.73 Å². The summed E-state index contributed by atoms with van der Waals surface area (Å²) in [6.45, 7) is 2.14. The second-order valence-electron chi connectivity index (χ2n) is 10.3. The molecule has 0 bridgehead atoms. The molecule has 4 N–H and O–H groups in total. The fourth-order valence-electron chi connectivity index (χ4n) is 5.45. The molecule has 0 aromatic heterocycles. The maximum atomic E-state index is 13.4. The van der Waals surface area contributed by atoms with Crippen LogP contribution < -0.4 is 16.4 Å². The van der Waals surface area contributed by atoms with E-state index >= 15 is 0 Å². The second kappa shape index (κ2) is 11.2. The average Bonchev–Trinajstić information content (AvgIpc) is 2.94. The molecular formula is C30H32N4O5S. The van der Waals surface area contributed by atoms with Crippen molar-refractivity contribution in [2.75, 3.05) is 13.1 Å². The van der Waals surface area contributed by atoms with Crippen molar-refractivity contribution in [3.63, 3.8) is 0 Å². The average molecular weight is 561 g/mol. The van der Waals surface area contributed by atoms with Crippen molar-refractivity contribution >= 4 is 27.7 Å². The maximum absolute atomic E-state index is 13.4. The van der Waals surface area contributed by atoms with Gasteiger partial charge in [0.05, 0.1) is 17.4 Å². The van der Waals surface area contributed by atoms with E-state index in [2.05, 4.69) is 16.7 Å². The topological polar surface area (TPSA) is 139 Å². The highest BCUT2D eigenvalue weighted by Crippen LogP contribution is 2.33. The minimum Gasteiger partial charge on any atom is -0.366 e. The third kappa shape index (κ3) is 5.64. The van der Waals surface area contributed by atoms with Crippen molar-refractivity contribution in [1.29, 1.82) is 0 Å². The molecule has 0 radical (unpaired) electrons. The molecule has 3 aromatic rings. The third-order valence-electron chi connectivity index (χ3n) is 7.56. The molecule has 10 heteroatoms. The van der Waals surface area contributed by atoms with Crippen LogP contribution in [0.4, 0.5) is 0 Å².